The van der Waals surface area contributed by atoms with Crippen molar-refractivity contribution < 1.29 is 4.74 Å². The van der Waals surface area contributed by atoms with Gasteiger partial charge in [0.2, 0.25) is 0 Å². The second-order valence-corrected chi connectivity index (χ2v) is 5.52. The molecule has 5 heteroatoms. The maximum absolute atomic E-state index is 5.45. The number of rotatable bonds is 1. The number of hydrogen-bond acceptors (Lipinski definition) is 4. The molecule has 21 heavy (non-hydrogen) atoms. The standard InChI is InChI=1S/C16H18N4O/c1-11-17-15-12-5-6-19(2)14(12)4-3-13(15)16(18-11)20-7-9-21-10-8-20/h3-6H,7-10H2,1-2H3. The zero-order chi connectivity index (χ0) is 14.4. The van der Waals surface area contributed by atoms with Gasteiger partial charge in [0, 0.05) is 42.6 Å². The molecule has 0 unspecified atom stereocenters. The summed E-state index contributed by atoms with van der Waals surface area (Å²) in [6.07, 6.45) is 2.08. The first kappa shape index (κ1) is 12.6. The van der Waals surface area contributed by atoms with Gasteiger partial charge < -0.3 is 14.2 Å². The molecule has 0 saturated carbocycles. The molecule has 0 radical (unpaired) electrons. The zero-order valence-corrected chi connectivity index (χ0v) is 12.3. The Morgan fingerprint density at radius 3 is 2.67 bits per heavy atom. The van der Waals surface area contributed by atoms with Crippen LogP contribution in [0.4, 0.5) is 5.82 Å². The summed E-state index contributed by atoms with van der Waals surface area (Å²) in [6, 6.07) is 6.43. The minimum Gasteiger partial charge on any atom is -0.378 e. The van der Waals surface area contributed by atoms with Crippen LogP contribution in [0.1, 0.15) is 5.82 Å². The van der Waals surface area contributed by atoms with Crippen LogP contribution in [0.5, 0.6) is 0 Å². The monoisotopic (exact) mass is 282 g/mol. The van der Waals surface area contributed by atoms with Crippen LogP contribution in [-0.4, -0.2) is 40.8 Å². The fourth-order valence-corrected chi connectivity index (χ4v) is 3.05. The predicted molar refractivity (Wildman–Crippen MR) is 83.8 cm³/mol. The molecular weight excluding hydrogens is 264 g/mol. The number of aromatic nitrogens is 3. The van der Waals surface area contributed by atoms with Crippen molar-refractivity contribution in [3.63, 3.8) is 0 Å². The van der Waals surface area contributed by atoms with Crippen LogP contribution in [0.3, 0.4) is 0 Å². The summed E-state index contributed by atoms with van der Waals surface area (Å²) < 4.78 is 7.57. The first-order valence-electron chi connectivity index (χ1n) is 7.29. The Morgan fingerprint density at radius 1 is 1.05 bits per heavy atom. The van der Waals surface area contributed by atoms with E-state index in [1.165, 1.54) is 10.9 Å². The molecule has 2 aromatic heterocycles. The highest BCUT2D eigenvalue weighted by Crippen LogP contribution is 2.30. The van der Waals surface area contributed by atoms with Gasteiger partial charge in [0.05, 0.1) is 18.7 Å². The molecule has 3 aromatic rings. The van der Waals surface area contributed by atoms with Crippen LogP contribution in [0.15, 0.2) is 24.4 Å². The van der Waals surface area contributed by atoms with Crippen LogP contribution >= 0.6 is 0 Å². The van der Waals surface area contributed by atoms with E-state index in [4.69, 9.17) is 14.7 Å². The number of hydrogen-bond donors (Lipinski definition) is 0. The maximum atomic E-state index is 5.45. The normalized spacial score (nSPS) is 16.0. The van der Waals surface area contributed by atoms with Gasteiger partial charge in [0.15, 0.2) is 0 Å². The van der Waals surface area contributed by atoms with E-state index in [2.05, 4.69) is 40.9 Å². The molecule has 0 aliphatic carbocycles. The number of aryl methyl sites for hydroxylation is 2. The second-order valence-electron chi connectivity index (χ2n) is 5.52. The Labute approximate surface area is 123 Å². The molecule has 108 valence electrons. The van der Waals surface area contributed by atoms with Crippen molar-refractivity contribution in [3.8, 4) is 0 Å². The van der Waals surface area contributed by atoms with Gasteiger partial charge in [-0.15, -0.1) is 0 Å². The molecule has 4 rings (SSSR count). The van der Waals surface area contributed by atoms with Gasteiger partial charge in [-0.2, -0.15) is 0 Å². The minimum atomic E-state index is 0.762. The maximum Gasteiger partial charge on any atom is 0.140 e. The first-order chi connectivity index (χ1) is 10.2. The highest BCUT2D eigenvalue weighted by molar-refractivity contribution is 6.07. The lowest BCUT2D eigenvalue weighted by Gasteiger charge is -2.28. The lowest BCUT2D eigenvalue weighted by Crippen LogP contribution is -2.37. The molecule has 3 heterocycles. The lowest BCUT2D eigenvalue weighted by molar-refractivity contribution is 0.122. The van der Waals surface area contributed by atoms with E-state index in [1.54, 1.807) is 0 Å². The van der Waals surface area contributed by atoms with Gasteiger partial charge >= 0.3 is 0 Å². The van der Waals surface area contributed by atoms with Crippen molar-refractivity contribution in [1.29, 1.82) is 0 Å². The molecule has 0 atom stereocenters. The van der Waals surface area contributed by atoms with Crippen LogP contribution in [0.2, 0.25) is 0 Å². The third-order valence-electron chi connectivity index (χ3n) is 4.13. The highest BCUT2D eigenvalue weighted by Gasteiger charge is 2.18. The Balaban J connectivity index is 2.00. The highest BCUT2D eigenvalue weighted by atomic mass is 16.5. The van der Waals surface area contributed by atoms with Crippen LogP contribution in [-0.2, 0) is 11.8 Å². The van der Waals surface area contributed by atoms with Gasteiger partial charge in [-0.3, -0.25) is 0 Å². The zero-order valence-electron chi connectivity index (χ0n) is 12.3. The number of benzene rings is 1. The molecule has 0 bridgehead atoms. The molecule has 1 aromatic carbocycles. The smallest absolute Gasteiger partial charge is 0.140 e. The number of morpholine rings is 1. The summed E-state index contributed by atoms with van der Waals surface area (Å²) in [4.78, 5) is 11.7. The number of anilines is 1. The fraction of sp³-hybridized carbons (Fsp3) is 0.375. The van der Waals surface area contributed by atoms with Crippen LogP contribution in [0, 0.1) is 6.92 Å². The summed E-state index contributed by atoms with van der Waals surface area (Å²) in [5.74, 6) is 1.85. The summed E-state index contributed by atoms with van der Waals surface area (Å²) >= 11 is 0. The molecular formula is C16H18N4O. The summed E-state index contributed by atoms with van der Waals surface area (Å²) in [5, 5.41) is 2.32. The minimum absolute atomic E-state index is 0.762. The van der Waals surface area contributed by atoms with Crippen molar-refractivity contribution in [2.45, 2.75) is 6.92 Å². The number of ether oxygens (including phenoxy) is 1. The van der Waals surface area contributed by atoms with Crippen LogP contribution in [0.25, 0.3) is 21.8 Å². The van der Waals surface area contributed by atoms with Crippen molar-refractivity contribution in [2.75, 3.05) is 31.2 Å². The SMILES string of the molecule is Cc1nc(N2CCOCC2)c2ccc3c(ccn3C)c2n1. The molecule has 0 amide bonds. The Hall–Kier alpha value is -2.14. The van der Waals surface area contributed by atoms with E-state index in [1.807, 2.05) is 6.92 Å². The van der Waals surface area contributed by atoms with Gasteiger partial charge in [-0.05, 0) is 25.1 Å². The van der Waals surface area contributed by atoms with E-state index in [9.17, 15) is 0 Å². The third kappa shape index (κ3) is 1.96. The van der Waals surface area contributed by atoms with E-state index in [0.717, 1.165) is 48.8 Å². The van der Waals surface area contributed by atoms with Crippen molar-refractivity contribution in [2.24, 2.45) is 7.05 Å². The number of fused-ring (bicyclic) bond motifs is 3. The van der Waals surface area contributed by atoms with E-state index in [-0.39, 0.29) is 0 Å². The second kappa shape index (κ2) is 4.70. The molecule has 0 spiro atoms. The van der Waals surface area contributed by atoms with E-state index >= 15 is 0 Å². The van der Waals surface area contributed by atoms with Gasteiger partial charge in [0.1, 0.15) is 11.6 Å². The Kier molecular flexibility index (Phi) is 2.82. The molecule has 1 fully saturated rings. The lowest BCUT2D eigenvalue weighted by atomic mass is 10.1. The topological polar surface area (TPSA) is 43.2 Å². The molecule has 1 aliphatic rings. The van der Waals surface area contributed by atoms with Gasteiger partial charge in [-0.1, -0.05) is 0 Å². The average molecular weight is 282 g/mol. The van der Waals surface area contributed by atoms with Gasteiger partial charge in [-0.25, -0.2) is 9.97 Å². The Bertz CT molecular complexity index is 818. The quantitative estimate of drug-likeness (QED) is 0.686. The number of nitrogens with zero attached hydrogens (tertiary/aromatic N) is 4. The van der Waals surface area contributed by atoms with E-state index < -0.39 is 0 Å². The van der Waals surface area contributed by atoms with Crippen molar-refractivity contribution >= 4 is 27.6 Å². The molecule has 1 saturated heterocycles. The first-order valence-corrected chi connectivity index (χ1v) is 7.29. The molecule has 0 N–H and O–H groups in total. The van der Waals surface area contributed by atoms with Gasteiger partial charge in [0.25, 0.3) is 0 Å². The van der Waals surface area contributed by atoms with Crippen molar-refractivity contribution in [1.82, 2.24) is 14.5 Å². The third-order valence-corrected chi connectivity index (χ3v) is 4.13. The average Bonchev–Trinajstić information content (AvgIpc) is 2.89. The fourth-order valence-electron chi connectivity index (χ4n) is 3.05. The van der Waals surface area contributed by atoms with E-state index in [0.29, 0.717) is 0 Å². The summed E-state index contributed by atoms with van der Waals surface area (Å²) in [5.41, 5.74) is 2.25. The largest absolute Gasteiger partial charge is 0.378 e. The molecule has 5 nitrogen and oxygen atoms in total. The van der Waals surface area contributed by atoms with Crippen molar-refractivity contribution in [3.05, 3.63) is 30.2 Å². The Morgan fingerprint density at radius 2 is 1.86 bits per heavy atom. The molecule has 1 aliphatic heterocycles. The van der Waals surface area contributed by atoms with Crippen LogP contribution < -0.4 is 4.90 Å². The predicted octanol–water partition coefficient (Wildman–Crippen LogP) is 2.27. The summed E-state index contributed by atoms with van der Waals surface area (Å²) in [7, 11) is 2.06. The summed E-state index contributed by atoms with van der Waals surface area (Å²) in [6.45, 7) is 5.26.